The Morgan fingerprint density at radius 2 is 2.05 bits per heavy atom. The smallest absolute Gasteiger partial charge is 0.246 e. The fourth-order valence-electron chi connectivity index (χ4n) is 7.86. The van der Waals surface area contributed by atoms with Crippen LogP contribution in [0.3, 0.4) is 0 Å². The molecular formula is C29H35ClN2O5. The van der Waals surface area contributed by atoms with Crippen LogP contribution in [0.4, 0.5) is 0 Å². The average molecular weight is 527 g/mol. The number of halogens is 1. The van der Waals surface area contributed by atoms with E-state index in [9.17, 15) is 15.0 Å². The summed E-state index contributed by atoms with van der Waals surface area (Å²) in [6, 6.07) is 5.42. The molecule has 198 valence electrons. The molecule has 1 amide bonds. The van der Waals surface area contributed by atoms with Crippen molar-refractivity contribution in [3.05, 3.63) is 53.0 Å². The van der Waals surface area contributed by atoms with Crippen molar-refractivity contribution in [3.8, 4) is 11.5 Å². The van der Waals surface area contributed by atoms with Crippen molar-refractivity contribution in [1.82, 2.24) is 9.80 Å². The first-order valence-corrected chi connectivity index (χ1v) is 13.3. The van der Waals surface area contributed by atoms with E-state index in [1.165, 1.54) is 18.4 Å². The van der Waals surface area contributed by atoms with Crippen LogP contribution in [0, 0.1) is 12.8 Å². The zero-order valence-corrected chi connectivity index (χ0v) is 22.2. The van der Waals surface area contributed by atoms with E-state index in [1.807, 2.05) is 26.1 Å². The van der Waals surface area contributed by atoms with Crippen molar-refractivity contribution in [1.29, 1.82) is 0 Å². The standard InChI is InChI=1S/C29H34N2O5.ClH/c1-17-19(10-14-35-17)6-8-24(33)30(2)21-9-11-29(34)23-15-20-5-7-22(32)26-25(20)28(29,27(21)36-26)12-13-31(23)16-18-3-4-18;/h5-8,10,14,18,21,23,27,32,34H,3-4,9,11-13,15-16H2,1-2H3;1H/b8-6+;/t21-,23-,27+,28+,29-;/m1./s1. The maximum atomic E-state index is 13.3. The van der Waals surface area contributed by atoms with Gasteiger partial charge in [0.15, 0.2) is 11.5 Å². The van der Waals surface area contributed by atoms with Crippen molar-refractivity contribution < 1.29 is 24.2 Å². The topological polar surface area (TPSA) is 86.4 Å². The molecule has 5 atom stereocenters. The van der Waals surface area contributed by atoms with Crippen molar-refractivity contribution in [2.75, 3.05) is 20.1 Å². The molecule has 2 saturated carbocycles. The number of aryl methyl sites for hydroxylation is 1. The highest BCUT2D eigenvalue weighted by atomic mass is 35.5. The maximum absolute atomic E-state index is 13.3. The lowest BCUT2D eigenvalue weighted by Gasteiger charge is -2.64. The second-order valence-corrected chi connectivity index (χ2v) is 11.6. The van der Waals surface area contributed by atoms with Crippen LogP contribution in [-0.4, -0.2) is 69.8 Å². The molecule has 1 saturated heterocycles. The molecule has 0 unspecified atom stereocenters. The van der Waals surface area contributed by atoms with Gasteiger partial charge in [-0.15, -0.1) is 12.4 Å². The summed E-state index contributed by atoms with van der Waals surface area (Å²) in [5.74, 6) is 2.06. The molecule has 8 heteroatoms. The summed E-state index contributed by atoms with van der Waals surface area (Å²) in [4.78, 5) is 17.6. The SMILES string of the molecule is Cc1occc1/C=C/C(=O)N(C)[C@@H]1CC[C@@]2(O)[C@H]3Cc4ccc(O)c5c4[C@@]2(CCN3CC2CC2)[C@H]1O5.Cl. The Hall–Kier alpha value is -2.48. The molecule has 2 aliphatic heterocycles. The maximum Gasteiger partial charge on any atom is 0.246 e. The highest BCUT2D eigenvalue weighted by Gasteiger charge is 2.73. The number of amides is 1. The van der Waals surface area contributed by atoms with Gasteiger partial charge in [0.25, 0.3) is 0 Å². The third kappa shape index (κ3) is 3.36. The zero-order chi connectivity index (χ0) is 24.8. The van der Waals surface area contributed by atoms with E-state index >= 15 is 0 Å². The number of phenols is 1. The van der Waals surface area contributed by atoms with Crippen LogP contribution in [0.1, 0.15) is 54.6 Å². The van der Waals surface area contributed by atoms with Crippen molar-refractivity contribution in [2.24, 2.45) is 5.92 Å². The number of hydrogen-bond acceptors (Lipinski definition) is 6. The molecule has 0 radical (unpaired) electrons. The first-order valence-electron chi connectivity index (χ1n) is 13.3. The Morgan fingerprint density at radius 3 is 2.78 bits per heavy atom. The van der Waals surface area contributed by atoms with Crippen LogP contribution in [0.5, 0.6) is 11.5 Å². The minimum Gasteiger partial charge on any atom is -0.504 e. The number of likely N-dealkylation sites (tertiary alicyclic amines) is 1. The number of aliphatic hydroxyl groups is 1. The van der Waals surface area contributed by atoms with E-state index in [0.717, 1.165) is 48.7 Å². The lowest BCUT2D eigenvalue weighted by atomic mass is 9.48. The van der Waals surface area contributed by atoms with Gasteiger partial charge in [-0.2, -0.15) is 0 Å². The number of carbonyl (C=O) groups is 1. The van der Waals surface area contributed by atoms with Crippen LogP contribution in [0.15, 0.2) is 35.0 Å². The number of benzene rings is 1. The molecule has 1 aromatic heterocycles. The van der Waals surface area contributed by atoms with E-state index < -0.39 is 17.1 Å². The lowest BCUT2D eigenvalue weighted by Crippen LogP contribution is -2.78. The average Bonchev–Trinajstić information content (AvgIpc) is 3.47. The summed E-state index contributed by atoms with van der Waals surface area (Å²) >= 11 is 0. The summed E-state index contributed by atoms with van der Waals surface area (Å²) in [7, 11) is 1.83. The molecule has 2 bridgehead atoms. The van der Waals surface area contributed by atoms with Crippen LogP contribution >= 0.6 is 12.4 Å². The number of piperidine rings is 1. The first-order chi connectivity index (χ1) is 17.3. The number of ether oxygens (including phenoxy) is 1. The monoisotopic (exact) mass is 526 g/mol. The van der Waals surface area contributed by atoms with E-state index in [1.54, 1.807) is 29.4 Å². The van der Waals surface area contributed by atoms with E-state index in [0.29, 0.717) is 18.6 Å². The summed E-state index contributed by atoms with van der Waals surface area (Å²) in [5, 5.41) is 23.4. The summed E-state index contributed by atoms with van der Waals surface area (Å²) in [6.07, 6.45) is 9.97. The van der Waals surface area contributed by atoms with Gasteiger partial charge in [-0.05, 0) is 81.7 Å². The molecule has 3 aliphatic carbocycles. The van der Waals surface area contributed by atoms with Gasteiger partial charge in [-0.1, -0.05) is 6.07 Å². The molecule has 5 aliphatic rings. The van der Waals surface area contributed by atoms with Crippen molar-refractivity contribution in [3.63, 3.8) is 0 Å². The van der Waals surface area contributed by atoms with Crippen LogP contribution in [0.25, 0.3) is 6.08 Å². The van der Waals surface area contributed by atoms with Gasteiger partial charge in [0.05, 0.1) is 23.3 Å². The third-order valence-corrected chi connectivity index (χ3v) is 9.88. The quantitative estimate of drug-likeness (QED) is 0.576. The van der Waals surface area contributed by atoms with Gasteiger partial charge >= 0.3 is 0 Å². The largest absolute Gasteiger partial charge is 0.504 e. The number of furan rings is 1. The minimum absolute atomic E-state index is 0. The molecule has 3 heterocycles. The molecule has 37 heavy (non-hydrogen) atoms. The number of phenolic OH excluding ortho intramolecular Hbond substituents is 1. The minimum atomic E-state index is -0.943. The number of rotatable bonds is 5. The van der Waals surface area contributed by atoms with E-state index in [-0.39, 0.29) is 36.1 Å². The fourth-order valence-corrected chi connectivity index (χ4v) is 7.86. The second-order valence-electron chi connectivity index (χ2n) is 11.6. The molecular weight excluding hydrogens is 492 g/mol. The normalized spacial score (nSPS) is 33.5. The number of aromatic hydroxyl groups is 1. The molecule has 3 fully saturated rings. The predicted octanol–water partition coefficient (Wildman–Crippen LogP) is 3.82. The van der Waals surface area contributed by atoms with Crippen molar-refractivity contribution in [2.45, 2.75) is 74.7 Å². The van der Waals surface area contributed by atoms with Crippen LogP contribution < -0.4 is 4.74 Å². The lowest BCUT2D eigenvalue weighted by molar-refractivity contribution is -0.200. The fraction of sp³-hybridized carbons (Fsp3) is 0.552. The second kappa shape index (κ2) is 8.52. The number of likely N-dealkylation sites (N-methyl/N-ethyl adjacent to an activating group) is 1. The predicted molar refractivity (Wildman–Crippen MR) is 141 cm³/mol. The molecule has 1 aromatic carbocycles. The van der Waals surface area contributed by atoms with Crippen molar-refractivity contribution >= 4 is 24.4 Å². The number of nitrogens with zero attached hydrogens (tertiary/aromatic N) is 2. The Bertz CT molecular complexity index is 1270. The Kier molecular flexibility index (Phi) is 5.72. The van der Waals surface area contributed by atoms with E-state index in [4.69, 9.17) is 9.15 Å². The summed E-state index contributed by atoms with van der Waals surface area (Å²) in [5.41, 5.74) is 1.48. The molecule has 2 N–H and O–H groups in total. The molecule has 7 nitrogen and oxygen atoms in total. The third-order valence-electron chi connectivity index (χ3n) is 9.88. The molecule has 7 rings (SSSR count). The highest BCUT2D eigenvalue weighted by Crippen LogP contribution is 2.66. The van der Waals surface area contributed by atoms with Gasteiger partial charge in [0, 0.05) is 36.8 Å². The number of carbonyl (C=O) groups excluding carboxylic acids is 1. The Morgan fingerprint density at radius 1 is 1.24 bits per heavy atom. The summed E-state index contributed by atoms with van der Waals surface area (Å²) in [6.45, 7) is 3.83. The highest BCUT2D eigenvalue weighted by molar-refractivity contribution is 5.92. The van der Waals surface area contributed by atoms with Gasteiger partial charge in [0.2, 0.25) is 5.91 Å². The van der Waals surface area contributed by atoms with Gasteiger partial charge < -0.3 is 24.3 Å². The molecule has 2 aromatic rings. The summed E-state index contributed by atoms with van der Waals surface area (Å²) < 4.78 is 11.9. The van der Waals surface area contributed by atoms with E-state index in [2.05, 4.69) is 4.90 Å². The zero-order valence-electron chi connectivity index (χ0n) is 21.4. The molecule has 1 spiro atoms. The number of hydrogen-bond donors (Lipinski definition) is 2. The van der Waals surface area contributed by atoms with Crippen LogP contribution in [-0.2, 0) is 16.6 Å². The van der Waals surface area contributed by atoms with Gasteiger partial charge in [-0.25, -0.2) is 0 Å². The van der Waals surface area contributed by atoms with Crippen LogP contribution in [0.2, 0.25) is 0 Å². The Labute approximate surface area is 223 Å². The first kappa shape index (κ1) is 24.8. The van der Waals surface area contributed by atoms with Gasteiger partial charge in [0.1, 0.15) is 11.9 Å². The Balaban J connectivity index is 0.00000252. The van der Waals surface area contributed by atoms with Gasteiger partial charge in [-0.3, -0.25) is 9.69 Å².